The van der Waals surface area contributed by atoms with Gasteiger partial charge in [0.2, 0.25) is 5.91 Å². The van der Waals surface area contributed by atoms with Crippen molar-refractivity contribution in [3.63, 3.8) is 0 Å². The van der Waals surface area contributed by atoms with E-state index in [1.165, 1.54) is 19.3 Å². The van der Waals surface area contributed by atoms with Crippen molar-refractivity contribution >= 4 is 23.2 Å². The van der Waals surface area contributed by atoms with E-state index in [9.17, 15) is 4.79 Å². The van der Waals surface area contributed by atoms with Gasteiger partial charge < -0.3 is 9.88 Å². The van der Waals surface area contributed by atoms with Crippen LogP contribution in [0.4, 0.5) is 5.69 Å². The first-order chi connectivity index (χ1) is 13.0. The van der Waals surface area contributed by atoms with Gasteiger partial charge in [-0.15, -0.1) is 10.2 Å². The molecular weight excluding hydrogens is 360 g/mol. The number of halogens is 1. The molecule has 1 N–H and O–H groups in total. The normalized spacial score (nSPS) is 14.0. The molecule has 6 heteroatoms. The molecule has 0 atom stereocenters. The maximum Gasteiger partial charge on any atom is 0.224 e. The van der Waals surface area contributed by atoms with E-state index in [-0.39, 0.29) is 5.91 Å². The van der Waals surface area contributed by atoms with Gasteiger partial charge in [-0.25, -0.2) is 0 Å². The van der Waals surface area contributed by atoms with E-state index >= 15 is 0 Å². The number of carbonyl (C=O) groups excluding carboxylic acids is 1. The van der Waals surface area contributed by atoms with Crippen molar-refractivity contribution in [1.29, 1.82) is 0 Å². The minimum Gasteiger partial charge on any atom is -0.326 e. The number of nitrogens with zero attached hydrogens (tertiary/aromatic N) is 3. The maximum absolute atomic E-state index is 12.4. The summed E-state index contributed by atoms with van der Waals surface area (Å²) >= 11 is 6.12. The van der Waals surface area contributed by atoms with E-state index in [0.717, 1.165) is 35.7 Å². The number of carbonyl (C=O) groups is 1. The Bertz CT molecular complexity index is 795. The van der Waals surface area contributed by atoms with Crippen molar-refractivity contribution in [2.24, 2.45) is 5.92 Å². The topological polar surface area (TPSA) is 59.8 Å². The summed E-state index contributed by atoms with van der Waals surface area (Å²) in [5, 5.41) is 12.4. The average molecular weight is 389 g/mol. The van der Waals surface area contributed by atoms with Gasteiger partial charge in [-0.3, -0.25) is 4.79 Å². The number of anilines is 1. The fourth-order valence-corrected chi connectivity index (χ4v) is 3.48. The van der Waals surface area contributed by atoms with Gasteiger partial charge in [0.25, 0.3) is 0 Å². The number of nitrogens with one attached hydrogen (secondary N) is 1. The number of aryl methyl sites for hydroxylation is 2. The Hall–Kier alpha value is -1.88. The lowest BCUT2D eigenvalue weighted by Crippen LogP contribution is -2.15. The van der Waals surface area contributed by atoms with Crippen LogP contribution in [0.5, 0.6) is 0 Å². The molecule has 1 fully saturated rings. The van der Waals surface area contributed by atoms with Crippen LogP contribution in [0.2, 0.25) is 5.02 Å². The largest absolute Gasteiger partial charge is 0.326 e. The molecule has 0 radical (unpaired) electrons. The molecule has 0 unspecified atom stereocenters. The quantitative estimate of drug-likeness (QED) is 0.648. The molecule has 3 rings (SSSR count). The van der Waals surface area contributed by atoms with Crippen molar-refractivity contribution < 1.29 is 4.79 Å². The highest BCUT2D eigenvalue weighted by Crippen LogP contribution is 2.37. The zero-order valence-electron chi connectivity index (χ0n) is 16.5. The summed E-state index contributed by atoms with van der Waals surface area (Å²) in [6, 6.07) is 6.07. The summed E-state index contributed by atoms with van der Waals surface area (Å²) in [7, 11) is 0. The zero-order valence-corrected chi connectivity index (χ0v) is 17.2. The van der Waals surface area contributed by atoms with E-state index in [4.69, 9.17) is 11.6 Å². The first kappa shape index (κ1) is 19.9. The number of hydrogen-bond acceptors (Lipinski definition) is 3. The molecule has 1 aliphatic carbocycles. The third kappa shape index (κ3) is 5.32. The molecule has 0 spiro atoms. The highest BCUT2D eigenvalue weighted by atomic mass is 35.5. The Labute approximate surface area is 166 Å². The van der Waals surface area contributed by atoms with Crippen molar-refractivity contribution in [2.45, 2.75) is 71.8 Å². The van der Waals surface area contributed by atoms with Gasteiger partial charge in [0, 0.05) is 36.0 Å². The molecule has 1 amide bonds. The summed E-state index contributed by atoms with van der Waals surface area (Å²) in [5.74, 6) is 2.71. The molecule has 1 aromatic heterocycles. The van der Waals surface area contributed by atoms with Crippen LogP contribution >= 0.6 is 11.6 Å². The Morgan fingerprint density at radius 1 is 1.26 bits per heavy atom. The van der Waals surface area contributed by atoms with Gasteiger partial charge in [0.1, 0.15) is 11.6 Å². The molecule has 1 heterocycles. The molecule has 1 aliphatic rings. The van der Waals surface area contributed by atoms with Crippen molar-refractivity contribution in [1.82, 2.24) is 14.8 Å². The molecule has 0 aliphatic heterocycles. The highest BCUT2D eigenvalue weighted by Gasteiger charge is 2.29. The summed E-state index contributed by atoms with van der Waals surface area (Å²) < 4.78 is 2.29. The average Bonchev–Trinajstić information content (AvgIpc) is 3.38. The van der Waals surface area contributed by atoms with Gasteiger partial charge in [-0.1, -0.05) is 37.9 Å². The summed E-state index contributed by atoms with van der Waals surface area (Å²) in [5.41, 5.74) is 1.66. The SMILES string of the molecule is Cc1c(Cl)cccc1NC(=O)CCc1nnc(CCCC(C)C)n1C1CC1. The van der Waals surface area contributed by atoms with Crippen LogP contribution in [0.1, 0.15) is 69.2 Å². The molecule has 0 bridgehead atoms. The number of benzene rings is 1. The maximum atomic E-state index is 12.4. The number of hydrogen-bond donors (Lipinski definition) is 1. The van der Waals surface area contributed by atoms with Crippen LogP contribution in [0.25, 0.3) is 0 Å². The molecule has 146 valence electrons. The lowest BCUT2D eigenvalue weighted by molar-refractivity contribution is -0.116. The first-order valence-electron chi connectivity index (χ1n) is 9.93. The molecule has 1 aromatic carbocycles. The van der Waals surface area contributed by atoms with Crippen LogP contribution in [0, 0.1) is 12.8 Å². The lowest BCUT2D eigenvalue weighted by atomic mass is 10.1. The summed E-state index contributed by atoms with van der Waals surface area (Å²) in [6.07, 6.45) is 6.69. The second-order valence-electron chi connectivity index (χ2n) is 7.88. The standard InChI is InChI=1S/C21H29ClN4O/c1-14(2)6-4-9-19-24-25-20(26(19)16-10-11-16)12-13-21(27)23-18-8-5-7-17(22)15(18)3/h5,7-8,14,16H,4,6,9-13H2,1-3H3,(H,23,27). The minimum absolute atomic E-state index is 0.0212. The Morgan fingerprint density at radius 2 is 1.96 bits per heavy atom. The highest BCUT2D eigenvalue weighted by molar-refractivity contribution is 6.31. The van der Waals surface area contributed by atoms with Crippen molar-refractivity contribution in [3.05, 3.63) is 40.4 Å². The van der Waals surface area contributed by atoms with E-state index in [2.05, 4.69) is 33.9 Å². The molecule has 2 aromatic rings. The van der Waals surface area contributed by atoms with Crippen LogP contribution in [-0.2, 0) is 17.6 Å². The van der Waals surface area contributed by atoms with E-state index in [1.807, 2.05) is 25.1 Å². The smallest absolute Gasteiger partial charge is 0.224 e. The number of amides is 1. The van der Waals surface area contributed by atoms with Crippen LogP contribution in [0.15, 0.2) is 18.2 Å². The minimum atomic E-state index is -0.0212. The Morgan fingerprint density at radius 3 is 2.63 bits per heavy atom. The fourth-order valence-electron chi connectivity index (χ4n) is 3.31. The van der Waals surface area contributed by atoms with Crippen LogP contribution in [-0.4, -0.2) is 20.7 Å². The fraction of sp³-hybridized carbons (Fsp3) is 0.571. The number of aromatic nitrogens is 3. The van der Waals surface area contributed by atoms with Crippen molar-refractivity contribution in [2.75, 3.05) is 5.32 Å². The van der Waals surface area contributed by atoms with E-state index < -0.39 is 0 Å². The van der Waals surface area contributed by atoms with Crippen LogP contribution in [0.3, 0.4) is 0 Å². The Kier molecular flexibility index (Phi) is 6.53. The molecular formula is C21H29ClN4O. The van der Waals surface area contributed by atoms with Crippen LogP contribution < -0.4 is 5.32 Å². The molecule has 1 saturated carbocycles. The number of rotatable bonds is 9. The van der Waals surface area contributed by atoms with Gasteiger partial charge in [-0.2, -0.15) is 0 Å². The predicted molar refractivity (Wildman–Crippen MR) is 109 cm³/mol. The summed E-state index contributed by atoms with van der Waals surface area (Å²) in [6.45, 7) is 6.40. The lowest BCUT2D eigenvalue weighted by Gasteiger charge is -2.11. The van der Waals surface area contributed by atoms with E-state index in [1.54, 1.807) is 0 Å². The van der Waals surface area contributed by atoms with E-state index in [0.29, 0.717) is 29.8 Å². The monoisotopic (exact) mass is 388 g/mol. The predicted octanol–water partition coefficient (Wildman–Crippen LogP) is 5.12. The van der Waals surface area contributed by atoms with Gasteiger partial charge >= 0.3 is 0 Å². The molecule has 27 heavy (non-hydrogen) atoms. The van der Waals surface area contributed by atoms with Gasteiger partial charge in [0.15, 0.2) is 0 Å². The zero-order chi connectivity index (χ0) is 19.4. The molecule has 5 nitrogen and oxygen atoms in total. The third-order valence-corrected chi connectivity index (χ3v) is 5.46. The third-order valence-electron chi connectivity index (χ3n) is 5.05. The first-order valence-corrected chi connectivity index (χ1v) is 10.3. The summed E-state index contributed by atoms with van der Waals surface area (Å²) in [4.78, 5) is 12.4. The second-order valence-corrected chi connectivity index (χ2v) is 8.29. The molecule has 0 saturated heterocycles. The van der Waals surface area contributed by atoms with Crippen molar-refractivity contribution in [3.8, 4) is 0 Å². The van der Waals surface area contributed by atoms with Gasteiger partial charge in [-0.05, 0) is 49.8 Å². The Balaban J connectivity index is 1.59. The van der Waals surface area contributed by atoms with Gasteiger partial charge in [0.05, 0.1) is 0 Å². The second kappa shape index (κ2) is 8.87.